The lowest BCUT2D eigenvalue weighted by Crippen LogP contribution is -2.42. The van der Waals surface area contributed by atoms with Crippen LogP contribution in [0.2, 0.25) is 0 Å². The van der Waals surface area contributed by atoms with Gasteiger partial charge in [-0.3, -0.25) is 9.89 Å². The van der Waals surface area contributed by atoms with Gasteiger partial charge in [-0.1, -0.05) is 0 Å². The second kappa shape index (κ2) is 5.31. The number of hydrogen-bond donors (Lipinski definition) is 3. The molecule has 0 saturated heterocycles. The fourth-order valence-electron chi connectivity index (χ4n) is 3.97. The second-order valence-corrected chi connectivity index (χ2v) is 6.10. The molecule has 112 valence electrons. The number of benzene rings is 1. The predicted octanol–water partition coefficient (Wildman–Crippen LogP) is 2.30. The molecule has 2 fully saturated rings. The summed E-state index contributed by atoms with van der Waals surface area (Å²) in [5.74, 6) is 1.08. The van der Waals surface area contributed by atoms with Crippen molar-refractivity contribution in [3.8, 4) is 0 Å². The number of halogens is 1. The van der Waals surface area contributed by atoms with E-state index in [9.17, 15) is 4.79 Å². The van der Waals surface area contributed by atoms with E-state index in [1.54, 1.807) is 6.20 Å². The summed E-state index contributed by atoms with van der Waals surface area (Å²) in [6.45, 7) is 0. The minimum absolute atomic E-state index is 0. The molecule has 4 unspecified atom stereocenters. The first-order chi connectivity index (χ1) is 9.72. The van der Waals surface area contributed by atoms with Gasteiger partial charge < -0.3 is 11.1 Å². The van der Waals surface area contributed by atoms with Crippen LogP contribution in [-0.4, -0.2) is 22.1 Å². The third kappa shape index (κ3) is 2.30. The summed E-state index contributed by atoms with van der Waals surface area (Å²) in [6.07, 6.45) is 5.23. The maximum Gasteiger partial charge on any atom is 0.229 e. The number of nitrogens with zero attached hydrogens (tertiary/aromatic N) is 1. The highest BCUT2D eigenvalue weighted by molar-refractivity contribution is 5.95. The molecule has 5 nitrogen and oxygen atoms in total. The van der Waals surface area contributed by atoms with Crippen LogP contribution in [0, 0.1) is 17.8 Å². The number of anilines is 1. The van der Waals surface area contributed by atoms with Crippen molar-refractivity contribution in [3.05, 3.63) is 24.4 Å². The lowest BCUT2D eigenvalue weighted by molar-refractivity contribution is -0.121. The largest absolute Gasteiger partial charge is 0.327 e. The molecule has 2 aliphatic carbocycles. The van der Waals surface area contributed by atoms with E-state index in [4.69, 9.17) is 5.73 Å². The Morgan fingerprint density at radius 2 is 2.14 bits per heavy atom. The van der Waals surface area contributed by atoms with Crippen LogP contribution in [0.15, 0.2) is 24.4 Å². The number of nitrogens with two attached hydrogens (primary N) is 1. The monoisotopic (exact) mass is 306 g/mol. The fourth-order valence-corrected chi connectivity index (χ4v) is 3.97. The minimum atomic E-state index is -0.0220. The van der Waals surface area contributed by atoms with Crippen LogP contribution >= 0.6 is 12.4 Å². The number of rotatable bonds is 2. The van der Waals surface area contributed by atoms with Crippen molar-refractivity contribution < 1.29 is 4.79 Å². The molecule has 4 N–H and O–H groups in total. The van der Waals surface area contributed by atoms with E-state index in [0.717, 1.165) is 29.4 Å². The molecule has 6 heteroatoms. The molecule has 1 amide bonds. The number of carbonyl (C=O) groups is 1. The minimum Gasteiger partial charge on any atom is -0.327 e. The smallest absolute Gasteiger partial charge is 0.229 e. The van der Waals surface area contributed by atoms with Gasteiger partial charge in [0.2, 0.25) is 5.91 Å². The average molecular weight is 307 g/mol. The van der Waals surface area contributed by atoms with E-state index < -0.39 is 0 Å². The number of aromatic nitrogens is 2. The number of amides is 1. The molecular weight excluding hydrogens is 288 g/mol. The Balaban J connectivity index is 0.00000132. The van der Waals surface area contributed by atoms with E-state index in [0.29, 0.717) is 11.8 Å². The highest BCUT2D eigenvalue weighted by Gasteiger charge is 2.49. The van der Waals surface area contributed by atoms with Crippen LogP contribution < -0.4 is 11.1 Å². The summed E-state index contributed by atoms with van der Waals surface area (Å²) in [5, 5.41) is 11.0. The molecule has 21 heavy (non-hydrogen) atoms. The Kier molecular flexibility index (Phi) is 3.63. The highest BCUT2D eigenvalue weighted by atomic mass is 35.5. The predicted molar refractivity (Wildman–Crippen MR) is 84.3 cm³/mol. The maximum atomic E-state index is 12.5. The zero-order valence-corrected chi connectivity index (χ0v) is 12.4. The van der Waals surface area contributed by atoms with Crippen molar-refractivity contribution in [2.24, 2.45) is 23.5 Å². The molecule has 2 aliphatic rings. The van der Waals surface area contributed by atoms with Gasteiger partial charge in [0.25, 0.3) is 0 Å². The van der Waals surface area contributed by atoms with Crippen LogP contribution in [0.3, 0.4) is 0 Å². The molecular formula is C15H19ClN4O. The Morgan fingerprint density at radius 3 is 2.90 bits per heavy atom. The first-order valence-corrected chi connectivity index (χ1v) is 7.22. The third-order valence-corrected chi connectivity index (χ3v) is 4.99. The van der Waals surface area contributed by atoms with Crippen LogP contribution in [0.25, 0.3) is 10.9 Å². The van der Waals surface area contributed by atoms with E-state index in [2.05, 4.69) is 15.5 Å². The molecule has 1 aromatic heterocycles. The van der Waals surface area contributed by atoms with Crippen molar-refractivity contribution in [2.45, 2.75) is 25.3 Å². The van der Waals surface area contributed by atoms with Gasteiger partial charge >= 0.3 is 0 Å². The molecule has 0 spiro atoms. The Labute approximate surface area is 129 Å². The van der Waals surface area contributed by atoms with E-state index in [1.807, 2.05) is 18.2 Å². The summed E-state index contributed by atoms with van der Waals surface area (Å²) in [4.78, 5) is 12.5. The van der Waals surface area contributed by atoms with Gasteiger partial charge in [-0.25, -0.2) is 0 Å². The molecule has 1 aromatic carbocycles. The van der Waals surface area contributed by atoms with E-state index in [-0.39, 0.29) is 30.3 Å². The number of fused-ring (bicyclic) bond motifs is 3. The first kappa shape index (κ1) is 14.4. The molecule has 2 bridgehead atoms. The Bertz CT molecular complexity index is 668. The van der Waals surface area contributed by atoms with Gasteiger partial charge in [-0.05, 0) is 49.3 Å². The first-order valence-electron chi connectivity index (χ1n) is 7.22. The van der Waals surface area contributed by atoms with Crippen molar-refractivity contribution in [1.82, 2.24) is 10.2 Å². The molecule has 4 rings (SSSR count). The quantitative estimate of drug-likeness (QED) is 0.796. The summed E-state index contributed by atoms with van der Waals surface area (Å²) in [5.41, 5.74) is 7.95. The number of nitrogens with one attached hydrogen (secondary N) is 2. The number of hydrogen-bond acceptors (Lipinski definition) is 3. The van der Waals surface area contributed by atoms with Gasteiger partial charge in [-0.15, -0.1) is 12.4 Å². The maximum absolute atomic E-state index is 12.5. The normalized spacial score (nSPS) is 30.3. The SMILES string of the molecule is Cl.NC1C2CCC(C2)C1C(=O)Nc1ccc2cn[nH]c2c1. The van der Waals surface area contributed by atoms with Gasteiger partial charge in [0.1, 0.15) is 0 Å². The van der Waals surface area contributed by atoms with Gasteiger partial charge in [0, 0.05) is 17.1 Å². The standard InChI is InChI=1S/C15H18N4O.ClH/c16-14-9-2-1-8(5-9)13(14)15(20)18-11-4-3-10-7-17-19-12(10)6-11;/h3-4,6-9,13-14H,1-2,5,16H2,(H,17,19)(H,18,20);1H. The lowest BCUT2D eigenvalue weighted by Gasteiger charge is -2.27. The zero-order valence-electron chi connectivity index (χ0n) is 11.6. The summed E-state index contributed by atoms with van der Waals surface area (Å²) in [6, 6.07) is 5.81. The van der Waals surface area contributed by atoms with Crippen molar-refractivity contribution >= 4 is 34.9 Å². The molecule has 4 atom stereocenters. The topological polar surface area (TPSA) is 83.8 Å². The number of carbonyl (C=O) groups excluding carboxylic acids is 1. The van der Waals surface area contributed by atoms with Crippen LogP contribution in [-0.2, 0) is 4.79 Å². The van der Waals surface area contributed by atoms with Crippen molar-refractivity contribution in [2.75, 3.05) is 5.32 Å². The van der Waals surface area contributed by atoms with Crippen molar-refractivity contribution in [1.29, 1.82) is 0 Å². The molecule has 2 saturated carbocycles. The second-order valence-electron chi connectivity index (χ2n) is 6.10. The molecule has 0 aliphatic heterocycles. The molecule has 2 aromatic rings. The van der Waals surface area contributed by atoms with Crippen LogP contribution in [0.5, 0.6) is 0 Å². The van der Waals surface area contributed by atoms with Gasteiger partial charge in [0.15, 0.2) is 0 Å². The van der Waals surface area contributed by atoms with Crippen molar-refractivity contribution in [3.63, 3.8) is 0 Å². The average Bonchev–Trinajstić information content (AvgIpc) is 3.12. The van der Waals surface area contributed by atoms with E-state index in [1.165, 1.54) is 6.42 Å². The van der Waals surface area contributed by atoms with Crippen LogP contribution in [0.4, 0.5) is 5.69 Å². The summed E-state index contributed by atoms with van der Waals surface area (Å²) < 4.78 is 0. The number of H-pyrrole nitrogens is 1. The molecule has 0 radical (unpaired) electrons. The highest BCUT2D eigenvalue weighted by Crippen LogP contribution is 2.47. The Hall–Kier alpha value is -1.59. The third-order valence-electron chi connectivity index (χ3n) is 4.99. The summed E-state index contributed by atoms with van der Waals surface area (Å²) in [7, 11) is 0. The fraction of sp³-hybridized carbons (Fsp3) is 0.467. The lowest BCUT2D eigenvalue weighted by atomic mass is 9.84. The number of aromatic amines is 1. The van der Waals surface area contributed by atoms with E-state index >= 15 is 0 Å². The zero-order chi connectivity index (χ0) is 13.7. The van der Waals surface area contributed by atoms with Crippen LogP contribution in [0.1, 0.15) is 19.3 Å². The van der Waals surface area contributed by atoms with Gasteiger partial charge in [-0.2, -0.15) is 5.10 Å². The molecule has 1 heterocycles. The Morgan fingerprint density at radius 1 is 1.33 bits per heavy atom. The summed E-state index contributed by atoms with van der Waals surface area (Å²) >= 11 is 0. The van der Waals surface area contributed by atoms with Gasteiger partial charge in [0.05, 0.1) is 17.6 Å².